The fraction of sp³-hybridized carbons (Fsp3) is 0.455. The summed E-state index contributed by atoms with van der Waals surface area (Å²) in [4.78, 5) is 0. The van der Waals surface area contributed by atoms with Gasteiger partial charge in [0.1, 0.15) is 11.5 Å². The van der Waals surface area contributed by atoms with Crippen LogP contribution in [0.3, 0.4) is 0 Å². The van der Waals surface area contributed by atoms with Gasteiger partial charge in [0.2, 0.25) is 0 Å². The van der Waals surface area contributed by atoms with E-state index in [4.69, 9.17) is 22.8 Å². The van der Waals surface area contributed by atoms with Crippen LogP contribution in [0.5, 0.6) is 11.5 Å². The van der Waals surface area contributed by atoms with E-state index in [1.165, 1.54) is 0 Å². The number of benzene rings is 1. The van der Waals surface area contributed by atoms with Crippen LogP contribution in [0, 0.1) is 0 Å². The molecule has 0 unspecified atom stereocenters. The van der Waals surface area contributed by atoms with Gasteiger partial charge in [-0.2, -0.15) is 0 Å². The second-order valence-corrected chi connectivity index (χ2v) is 6.11. The molecule has 0 radical (unpaired) electrons. The smallest absolute Gasteiger partial charge is 0.497 e. The third kappa shape index (κ3) is 2.60. The minimum atomic E-state index is -2.91. The van der Waals surface area contributed by atoms with Crippen molar-refractivity contribution in [3.8, 4) is 11.5 Å². The maximum atomic E-state index is 5.42. The molecule has 1 rings (SSSR count). The summed E-state index contributed by atoms with van der Waals surface area (Å²) in [7, 11) is 4.94. The van der Waals surface area contributed by atoms with E-state index < -0.39 is 8.80 Å². The lowest BCUT2D eigenvalue weighted by molar-refractivity contribution is 0.139. The van der Waals surface area contributed by atoms with Crippen LogP contribution in [0.4, 0.5) is 0 Å². The molecule has 0 spiro atoms. The van der Waals surface area contributed by atoms with E-state index in [9.17, 15) is 0 Å². The second-order valence-electron chi connectivity index (χ2n) is 3.23. The lowest BCUT2D eigenvalue weighted by atomic mass is 10.3. The molecule has 17 heavy (non-hydrogen) atoms. The second kappa shape index (κ2) is 6.01. The first kappa shape index (κ1) is 14.0. The molecule has 0 saturated carbocycles. The van der Waals surface area contributed by atoms with Gasteiger partial charge in [0.15, 0.2) is 0 Å². The van der Waals surface area contributed by atoms with Gasteiger partial charge < -0.3 is 22.8 Å². The number of hydrogen-bond donors (Lipinski definition) is 0. The van der Waals surface area contributed by atoms with Gasteiger partial charge in [0, 0.05) is 21.3 Å². The Hall–Kier alpha value is -1.08. The lowest BCUT2D eigenvalue weighted by Gasteiger charge is -2.26. The molecule has 0 aliphatic heterocycles. The molecule has 0 aliphatic carbocycles. The highest BCUT2D eigenvalue weighted by atomic mass is 28.4. The standard InChI is InChI=1S/C11H18O5Si/c1-12-9-6-7-10(13-2)11(8-9)17(14-3,15-4)16-5/h6-8H,1-5H3. The fourth-order valence-electron chi connectivity index (χ4n) is 1.63. The Labute approximate surface area is 103 Å². The van der Waals surface area contributed by atoms with E-state index in [2.05, 4.69) is 0 Å². The molecule has 0 saturated heterocycles. The first-order valence-electron chi connectivity index (χ1n) is 5.05. The van der Waals surface area contributed by atoms with Gasteiger partial charge in [-0.15, -0.1) is 0 Å². The Morgan fingerprint density at radius 3 is 1.82 bits per heavy atom. The van der Waals surface area contributed by atoms with Crippen LogP contribution < -0.4 is 14.7 Å². The third-order valence-corrected chi connectivity index (χ3v) is 5.21. The van der Waals surface area contributed by atoms with Crippen molar-refractivity contribution in [2.24, 2.45) is 0 Å². The average Bonchev–Trinajstić information content (AvgIpc) is 2.41. The van der Waals surface area contributed by atoms with Crippen molar-refractivity contribution in [2.75, 3.05) is 35.5 Å². The van der Waals surface area contributed by atoms with Gasteiger partial charge in [-0.05, 0) is 18.2 Å². The van der Waals surface area contributed by atoms with Crippen molar-refractivity contribution in [1.82, 2.24) is 0 Å². The molecule has 0 aliphatic rings. The maximum absolute atomic E-state index is 5.42. The van der Waals surface area contributed by atoms with Gasteiger partial charge in [0.05, 0.1) is 19.4 Å². The Kier molecular flexibility index (Phi) is 4.95. The third-order valence-electron chi connectivity index (χ3n) is 2.54. The number of hydrogen-bond acceptors (Lipinski definition) is 5. The van der Waals surface area contributed by atoms with Crippen molar-refractivity contribution in [1.29, 1.82) is 0 Å². The van der Waals surface area contributed by atoms with E-state index in [1.54, 1.807) is 41.6 Å². The normalized spacial score (nSPS) is 11.4. The first-order valence-corrected chi connectivity index (χ1v) is 6.77. The SMILES string of the molecule is COc1ccc(OC)c([Si](OC)(OC)OC)c1. The Morgan fingerprint density at radius 1 is 0.824 bits per heavy atom. The summed E-state index contributed by atoms with van der Waals surface area (Å²) >= 11 is 0. The van der Waals surface area contributed by atoms with E-state index >= 15 is 0 Å². The van der Waals surface area contributed by atoms with Crippen molar-refractivity contribution < 1.29 is 22.8 Å². The van der Waals surface area contributed by atoms with Gasteiger partial charge >= 0.3 is 8.80 Å². The summed E-state index contributed by atoms with van der Waals surface area (Å²) in [6, 6.07) is 5.41. The van der Waals surface area contributed by atoms with E-state index in [-0.39, 0.29) is 0 Å². The van der Waals surface area contributed by atoms with E-state index in [0.717, 1.165) is 5.19 Å². The number of ether oxygens (including phenoxy) is 2. The van der Waals surface area contributed by atoms with Crippen LogP contribution in [-0.2, 0) is 13.3 Å². The van der Waals surface area contributed by atoms with Gasteiger partial charge in [-0.3, -0.25) is 0 Å². The predicted molar refractivity (Wildman–Crippen MR) is 66.0 cm³/mol. The monoisotopic (exact) mass is 258 g/mol. The van der Waals surface area contributed by atoms with E-state index in [1.807, 2.05) is 12.1 Å². The molecule has 1 aromatic carbocycles. The maximum Gasteiger partial charge on any atom is 0.540 e. The van der Waals surface area contributed by atoms with Crippen molar-refractivity contribution in [2.45, 2.75) is 0 Å². The largest absolute Gasteiger partial charge is 0.540 e. The van der Waals surface area contributed by atoms with Crippen LogP contribution in [0.2, 0.25) is 0 Å². The topological polar surface area (TPSA) is 46.2 Å². The van der Waals surface area contributed by atoms with Gasteiger partial charge in [0.25, 0.3) is 0 Å². The minimum absolute atomic E-state index is 0.656. The summed E-state index contributed by atoms with van der Waals surface area (Å²) in [6.07, 6.45) is 0. The summed E-state index contributed by atoms with van der Waals surface area (Å²) in [5.74, 6) is 1.35. The van der Waals surface area contributed by atoms with Crippen molar-refractivity contribution in [3.05, 3.63) is 18.2 Å². The molecule has 0 atom stereocenters. The fourth-order valence-corrected chi connectivity index (χ4v) is 3.60. The molecule has 6 heteroatoms. The van der Waals surface area contributed by atoms with Gasteiger partial charge in [-0.25, -0.2) is 0 Å². The minimum Gasteiger partial charge on any atom is -0.497 e. The summed E-state index contributed by atoms with van der Waals surface area (Å²) in [5, 5.41) is 0.742. The highest BCUT2D eigenvalue weighted by molar-refractivity contribution is 6.76. The molecule has 0 heterocycles. The van der Waals surface area contributed by atoms with E-state index in [0.29, 0.717) is 11.5 Å². The Morgan fingerprint density at radius 2 is 1.41 bits per heavy atom. The zero-order valence-corrected chi connectivity index (χ0v) is 11.8. The Balaban J connectivity index is 3.33. The van der Waals surface area contributed by atoms with Crippen molar-refractivity contribution >= 4 is 14.0 Å². The molecular formula is C11H18O5Si. The molecule has 0 fully saturated rings. The zero-order valence-electron chi connectivity index (χ0n) is 10.8. The highest BCUT2D eigenvalue weighted by Crippen LogP contribution is 2.20. The average molecular weight is 258 g/mol. The molecule has 1 aromatic rings. The van der Waals surface area contributed by atoms with Crippen molar-refractivity contribution in [3.63, 3.8) is 0 Å². The molecule has 0 bridgehead atoms. The number of rotatable bonds is 6. The first-order chi connectivity index (χ1) is 8.17. The summed E-state index contributed by atoms with van der Waals surface area (Å²) in [5.41, 5.74) is 0. The van der Waals surface area contributed by atoms with Crippen LogP contribution in [-0.4, -0.2) is 44.4 Å². The van der Waals surface area contributed by atoms with Gasteiger partial charge in [-0.1, -0.05) is 0 Å². The zero-order chi connectivity index (χ0) is 12.9. The summed E-state index contributed by atoms with van der Waals surface area (Å²) in [6.45, 7) is 0. The molecular weight excluding hydrogens is 240 g/mol. The van der Waals surface area contributed by atoms with Crippen LogP contribution in [0.1, 0.15) is 0 Å². The van der Waals surface area contributed by atoms with Crippen LogP contribution in [0.25, 0.3) is 0 Å². The molecule has 0 amide bonds. The quantitative estimate of drug-likeness (QED) is 0.706. The molecule has 0 N–H and O–H groups in total. The molecule has 0 aromatic heterocycles. The Bertz CT molecular complexity index is 357. The lowest BCUT2D eigenvalue weighted by Crippen LogP contribution is -2.55. The molecule has 5 nitrogen and oxygen atoms in total. The predicted octanol–water partition coefficient (Wildman–Crippen LogP) is 0.789. The highest BCUT2D eigenvalue weighted by Gasteiger charge is 2.43. The molecule has 96 valence electrons. The van der Waals surface area contributed by atoms with Crippen LogP contribution >= 0.6 is 0 Å². The number of methoxy groups -OCH3 is 2. The summed E-state index contributed by atoms with van der Waals surface area (Å²) < 4.78 is 26.7. The van der Waals surface area contributed by atoms with Crippen LogP contribution in [0.15, 0.2) is 18.2 Å².